The first-order valence-corrected chi connectivity index (χ1v) is 7.60. The summed E-state index contributed by atoms with van der Waals surface area (Å²) in [5, 5.41) is 12.3. The number of hydrogen-bond donors (Lipinski definition) is 0. The molecule has 0 saturated carbocycles. The van der Waals surface area contributed by atoms with Crippen LogP contribution in [0.15, 0.2) is 54.6 Å². The van der Waals surface area contributed by atoms with E-state index < -0.39 is 0 Å². The summed E-state index contributed by atoms with van der Waals surface area (Å²) in [6.07, 6.45) is 0. The van der Waals surface area contributed by atoms with Gasteiger partial charge in [0.1, 0.15) is 6.54 Å². The molecule has 0 fully saturated rings. The third-order valence-corrected chi connectivity index (χ3v) is 3.67. The fourth-order valence-electron chi connectivity index (χ4n) is 2.29. The zero-order chi connectivity index (χ0) is 16.2. The molecule has 0 bridgehead atoms. The van der Waals surface area contributed by atoms with Gasteiger partial charge in [0.15, 0.2) is 5.78 Å². The van der Waals surface area contributed by atoms with E-state index in [1.165, 1.54) is 10.4 Å². The summed E-state index contributed by atoms with van der Waals surface area (Å²) in [5.74, 6) is 0.974. The third-order valence-electron chi connectivity index (χ3n) is 3.67. The predicted octanol–water partition coefficient (Wildman–Crippen LogP) is 3.35. The number of nitrogens with zero attached hydrogens (tertiary/aromatic N) is 4. The van der Waals surface area contributed by atoms with Crippen molar-refractivity contribution in [2.75, 3.05) is 0 Å². The van der Waals surface area contributed by atoms with Crippen LogP contribution in [0.5, 0.6) is 0 Å². The Morgan fingerprint density at radius 1 is 1.04 bits per heavy atom. The molecule has 0 saturated heterocycles. The molecule has 0 aliphatic carbocycles. The van der Waals surface area contributed by atoms with Crippen molar-refractivity contribution in [3.05, 3.63) is 65.7 Å². The smallest absolute Gasteiger partial charge is 0.204 e. The maximum absolute atomic E-state index is 12.2. The highest BCUT2D eigenvalue weighted by molar-refractivity contribution is 5.95. The number of aromatic nitrogens is 4. The Hall–Kier alpha value is -2.82. The molecule has 2 aromatic carbocycles. The summed E-state index contributed by atoms with van der Waals surface area (Å²) in [6, 6.07) is 17.2. The number of tetrazole rings is 1. The van der Waals surface area contributed by atoms with Gasteiger partial charge in [0, 0.05) is 11.1 Å². The van der Waals surface area contributed by atoms with Crippen molar-refractivity contribution < 1.29 is 4.79 Å². The van der Waals surface area contributed by atoms with Crippen molar-refractivity contribution in [3.8, 4) is 11.4 Å². The van der Waals surface area contributed by atoms with E-state index in [4.69, 9.17) is 0 Å². The molecular weight excluding hydrogens is 288 g/mol. The van der Waals surface area contributed by atoms with Gasteiger partial charge in [-0.1, -0.05) is 68.4 Å². The van der Waals surface area contributed by atoms with Gasteiger partial charge in [-0.05, 0) is 16.7 Å². The number of benzene rings is 2. The van der Waals surface area contributed by atoms with Gasteiger partial charge in [-0.25, -0.2) is 0 Å². The second-order valence-corrected chi connectivity index (χ2v) is 5.71. The topological polar surface area (TPSA) is 60.7 Å². The van der Waals surface area contributed by atoms with Crippen molar-refractivity contribution in [2.24, 2.45) is 0 Å². The molecule has 0 N–H and O–H groups in total. The standard InChI is InChI=1S/C18H18N4O/c1-13(2)14-8-10-16(11-9-14)18-19-21-22(20-18)12-17(23)15-6-4-3-5-7-15/h3-11,13H,12H2,1-2H3. The van der Waals surface area contributed by atoms with Crippen LogP contribution in [0.2, 0.25) is 0 Å². The highest BCUT2D eigenvalue weighted by atomic mass is 16.1. The molecule has 1 aromatic heterocycles. The number of ketones is 1. The van der Waals surface area contributed by atoms with Crippen molar-refractivity contribution in [1.82, 2.24) is 20.2 Å². The zero-order valence-corrected chi connectivity index (χ0v) is 13.2. The average molecular weight is 306 g/mol. The molecule has 0 unspecified atom stereocenters. The number of Topliss-reactive ketones (excluding diaryl/α,β-unsaturated/α-hetero) is 1. The van der Waals surface area contributed by atoms with Crippen LogP contribution in [0.4, 0.5) is 0 Å². The highest BCUT2D eigenvalue weighted by Gasteiger charge is 2.11. The lowest BCUT2D eigenvalue weighted by Crippen LogP contribution is -2.13. The summed E-state index contributed by atoms with van der Waals surface area (Å²) >= 11 is 0. The summed E-state index contributed by atoms with van der Waals surface area (Å²) < 4.78 is 0. The molecule has 1 heterocycles. The predicted molar refractivity (Wildman–Crippen MR) is 88.1 cm³/mol. The van der Waals surface area contributed by atoms with Gasteiger partial charge in [0.25, 0.3) is 0 Å². The lowest BCUT2D eigenvalue weighted by Gasteiger charge is -2.04. The van der Waals surface area contributed by atoms with Gasteiger partial charge < -0.3 is 0 Å². The molecule has 0 aliphatic rings. The van der Waals surface area contributed by atoms with Crippen LogP contribution in [0.1, 0.15) is 35.7 Å². The summed E-state index contributed by atoms with van der Waals surface area (Å²) in [5.41, 5.74) is 2.81. The second-order valence-electron chi connectivity index (χ2n) is 5.71. The summed E-state index contributed by atoms with van der Waals surface area (Å²) in [4.78, 5) is 13.5. The molecule has 116 valence electrons. The van der Waals surface area contributed by atoms with E-state index in [-0.39, 0.29) is 12.3 Å². The molecule has 0 atom stereocenters. The van der Waals surface area contributed by atoms with E-state index in [0.29, 0.717) is 17.3 Å². The van der Waals surface area contributed by atoms with Crippen LogP contribution in [-0.2, 0) is 6.54 Å². The van der Waals surface area contributed by atoms with E-state index in [1.54, 1.807) is 12.1 Å². The minimum atomic E-state index is -0.0373. The van der Waals surface area contributed by atoms with Gasteiger partial charge >= 0.3 is 0 Å². The van der Waals surface area contributed by atoms with Crippen molar-refractivity contribution >= 4 is 5.78 Å². The fourth-order valence-corrected chi connectivity index (χ4v) is 2.29. The lowest BCUT2D eigenvalue weighted by atomic mass is 10.0. The Morgan fingerprint density at radius 3 is 2.39 bits per heavy atom. The maximum atomic E-state index is 12.2. The van der Waals surface area contributed by atoms with Crippen LogP contribution in [-0.4, -0.2) is 26.0 Å². The third kappa shape index (κ3) is 3.51. The Kier molecular flexibility index (Phi) is 4.28. The summed E-state index contributed by atoms with van der Waals surface area (Å²) in [7, 11) is 0. The molecule has 23 heavy (non-hydrogen) atoms. The van der Waals surface area contributed by atoms with Crippen molar-refractivity contribution in [1.29, 1.82) is 0 Å². The largest absolute Gasteiger partial charge is 0.292 e. The Bertz CT molecular complexity index is 791. The van der Waals surface area contributed by atoms with Crippen LogP contribution >= 0.6 is 0 Å². The Morgan fingerprint density at radius 2 is 1.74 bits per heavy atom. The molecule has 5 nitrogen and oxygen atoms in total. The minimum absolute atomic E-state index is 0.0373. The van der Waals surface area contributed by atoms with Crippen LogP contribution in [0.25, 0.3) is 11.4 Å². The first-order valence-electron chi connectivity index (χ1n) is 7.60. The van der Waals surface area contributed by atoms with Gasteiger partial charge in [0.2, 0.25) is 5.82 Å². The van der Waals surface area contributed by atoms with Crippen LogP contribution < -0.4 is 0 Å². The Labute approximate surface area is 135 Å². The molecule has 0 aliphatic heterocycles. The molecule has 5 heteroatoms. The van der Waals surface area contributed by atoms with E-state index in [2.05, 4.69) is 41.4 Å². The molecule has 0 spiro atoms. The molecular formula is C18H18N4O. The zero-order valence-electron chi connectivity index (χ0n) is 13.2. The van der Waals surface area contributed by atoms with Gasteiger partial charge in [-0.15, -0.1) is 10.2 Å². The SMILES string of the molecule is CC(C)c1ccc(-c2nnn(CC(=O)c3ccccc3)n2)cc1. The first kappa shape index (κ1) is 15.1. The summed E-state index contributed by atoms with van der Waals surface area (Å²) in [6.45, 7) is 4.39. The lowest BCUT2D eigenvalue weighted by molar-refractivity contribution is 0.0961. The second kappa shape index (κ2) is 6.52. The van der Waals surface area contributed by atoms with Gasteiger partial charge in [-0.3, -0.25) is 4.79 Å². The highest BCUT2D eigenvalue weighted by Crippen LogP contribution is 2.19. The first-order chi connectivity index (χ1) is 11.1. The monoisotopic (exact) mass is 306 g/mol. The van der Waals surface area contributed by atoms with Gasteiger partial charge in [0.05, 0.1) is 0 Å². The number of hydrogen-bond acceptors (Lipinski definition) is 4. The molecule has 3 rings (SSSR count). The van der Waals surface area contributed by atoms with E-state index >= 15 is 0 Å². The Balaban J connectivity index is 1.74. The minimum Gasteiger partial charge on any atom is -0.292 e. The molecule has 0 amide bonds. The average Bonchev–Trinajstić information content (AvgIpc) is 3.04. The normalized spacial score (nSPS) is 10.9. The van der Waals surface area contributed by atoms with Crippen LogP contribution in [0, 0.1) is 0 Å². The fraction of sp³-hybridized carbons (Fsp3) is 0.222. The van der Waals surface area contributed by atoms with Crippen LogP contribution in [0.3, 0.4) is 0 Å². The quantitative estimate of drug-likeness (QED) is 0.678. The number of rotatable bonds is 5. The van der Waals surface area contributed by atoms with Gasteiger partial charge in [-0.2, -0.15) is 4.80 Å². The van der Waals surface area contributed by atoms with Crippen molar-refractivity contribution in [3.63, 3.8) is 0 Å². The van der Waals surface area contributed by atoms with E-state index in [1.807, 2.05) is 30.3 Å². The maximum Gasteiger partial charge on any atom is 0.204 e. The number of carbonyl (C=O) groups excluding carboxylic acids is 1. The van der Waals surface area contributed by atoms with E-state index in [9.17, 15) is 4.79 Å². The molecule has 0 radical (unpaired) electrons. The van der Waals surface area contributed by atoms with E-state index in [0.717, 1.165) is 5.56 Å². The molecule has 3 aromatic rings. The van der Waals surface area contributed by atoms with Crippen molar-refractivity contribution in [2.45, 2.75) is 26.3 Å². The number of carbonyl (C=O) groups is 1.